The molecule has 0 radical (unpaired) electrons. The first-order chi connectivity index (χ1) is 13.6. The van der Waals surface area contributed by atoms with Crippen molar-refractivity contribution in [1.29, 1.82) is 0 Å². The molecule has 0 aliphatic carbocycles. The van der Waals surface area contributed by atoms with Crippen LogP contribution in [0.25, 0.3) is 0 Å². The van der Waals surface area contributed by atoms with Crippen molar-refractivity contribution in [3.05, 3.63) is 39.9 Å². The van der Waals surface area contributed by atoms with Crippen molar-refractivity contribution >= 4 is 11.6 Å². The highest BCUT2D eigenvalue weighted by Gasteiger charge is 2.10. The summed E-state index contributed by atoms with van der Waals surface area (Å²) in [6, 6.07) is 5.86. The van der Waals surface area contributed by atoms with Crippen LogP contribution in [-0.4, -0.2) is 17.4 Å². The second kappa shape index (κ2) is 16.1. The van der Waals surface area contributed by atoms with Gasteiger partial charge in [-0.25, -0.2) is 0 Å². The highest BCUT2D eigenvalue weighted by atomic mass is 16.6. The number of carbonyl (C=O) groups is 1. The van der Waals surface area contributed by atoms with Crippen molar-refractivity contribution in [2.75, 3.05) is 6.54 Å². The summed E-state index contributed by atoms with van der Waals surface area (Å²) in [5.74, 6) is -0.238. The van der Waals surface area contributed by atoms with Crippen LogP contribution in [0.4, 0.5) is 5.69 Å². The Morgan fingerprint density at radius 3 is 1.86 bits per heavy atom. The molecule has 1 aromatic carbocycles. The molecule has 1 rings (SSSR count). The lowest BCUT2D eigenvalue weighted by Crippen LogP contribution is -2.24. The Morgan fingerprint density at radius 2 is 1.36 bits per heavy atom. The predicted octanol–water partition coefficient (Wildman–Crippen LogP) is 6.81. The highest BCUT2D eigenvalue weighted by Crippen LogP contribution is 2.14. The van der Waals surface area contributed by atoms with E-state index < -0.39 is 4.92 Å². The van der Waals surface area contributed by atoms with Gasteiger partial charge < -0.3 is 5.32 Å². The maximum Gasteiger partial charge on any atom is 0.270 e. The maximum absolute atomic E-state index is 12.0. The van der Waals surface area contributed by atoms with Crippen molar-refractivity contribution in [2.45, 2.75) is 96.8 Å². The third kappa shape index (κ3) is 11.7. The Balaban J connectivity index is 1.92. The third-order valence-electron chi connectivity index (χ3n) is 5.14. The van der Waals surface area contributed by atoms with E-state index in [1.807, 2.05) is 0 Å². The predicted molar refractivity (Wildman–Crippen MR) is 116 cm³/mol. The Morgan fingerprint density at radius 1 is 0.857 bits per heavy atom. The van der Waals surface area contributed by atoms with Gasteiger partial charge in [0.1, 0.15) is 0 Å². The van der Waals surface area contributed by atoms with E-state index in [1.165, 1.54) is 89.2 Å². The molecule has 0 saturated heterocycles. The van der Waals surface area contributed by atoms with E-state index in [0.29, 0.717) is 12.1 Å². The smallest absolute Gasteiger partial charge is 0.270 e. The zero-order valence-electron chi connectivity index (χ0n) is 17.6. The van der Waals surface area contributed by atoms with Crippen LogP contribution in [0.5, 0.6) is 0 Å². The summed E-state index contributed by atoms with van der Waals surface area (Å²) in [6.07, 6.45) is 18.3. The molecule has 0 aromatic heterocycles. The molecule has 1 N–H and O–H groups in total. The molecule has 5 heteroatoms. The van der Waals surface area contributed by atoms with Gasteiger partial charge in [-0.2, -0.15) is 0 Å². The first-order valence-electron chi connectivity index (χ1n) is 11.2. The summed E-state index contributed by atoms with van der Waals surface area (Å²) in [7, 11) is 0. The van der Waals surface area contributed by atoms with Crippen LogP contribution in [0, 0.1) is 10.1 Å². The van der Waals surface area contributed by atoms with Gasteiger partial charge >= 0.3 is 0 Å². The fraction of sp³-hybridized carbons (Fsp3) is 0.696. The first-order valence-corrected chi connectivity index (χ1v) is 11.2. The van der Waals surface area contributed by atoms with Gasteiger partial charge in [-0.3, -0.25) is 14.9 Å². The summed E-state index contributed by atoms with van der Waals surface area (Å²) in [5.41, 5.74) is 0.295. The number of hydrogen-bond donors (Lipinski definition) is 1. The molecule has 0 saturated carbocycles. The molecule has 0 atom stereocenters. The van der Waals surface area contributed by atoms with Crippen LogP contribution in [0.1, 0.15) is 107 Å². The molecule has 5 nitrogen and oxygen atoms in total. The lowest BCUT2D eigenvalue weighted by molar-refractivity contribution is -0.384. The number of non-ortho nitro benzene ring substituents is 1. The topological polar surface area (TPSA) is 72.2 Å². The zero-order chi connectivity index (χ0) is 20.5. The monoisotopic (exact) mass is 390 g/mol. The van der Waals surface area contributed by atoms with Gasteiger partial charge in [0.2, 0.25) is 0 Å². The number of unbranched alkanes of at least 4 members (excludes halogenated alkanes) is 13. The number of rotatable bonds is 17. The minimum Gasteiger partial charge on any atom is -0.352 e. The van der Waals surface area contributed by atoms with Gasteiger partial charge in [-0.15, -0.1) is 0 Å². The van der Waals surface area contributed by atoms with Crippen LogP contribution in [-0.2, 0) is 0 Å². The Labute approximate surface area is 170 Å². The summed E-state index contributed by atoms with van der Waals surface area (Å²) in [4.78, 5) is 22.3. The molecule has 158 valence electrons. The molecule has 1 amide bonds. The van der Waals surface area contributed by atoms with Crippen LogP contribution in [0.3, 0.4) is 0 Å². The molecule has 1 aromatic rings. The maximum atomic E-state index is 12.0. The Bertz CT molecular complexity index is 561. The SMILES string of the molecule is CCCCCCCCCCCCCCCCNC(=O)c1cccc([N+](=O)[O-])c1. The normalized spacial score (nSPS) is 10.8. The van der Waals surface area contributed by atoms with Crippen LogP contribution in [0.15, 0.2) is 24.3 Å². The summed E-state index contributed by atoms with van der Waals surface area (Å²) >= 11 is 0. The quantitative estimate of drug-likeness (QED) is 0.180. The molecular formula is C23H38N2O3. The van der Waals surface area contributed by atoms with Crippen molar-refractivity contribution in [2.24, 2.45) is 0 Å². The van der Waals surface area contributed by atoms with Gasteiger partial charge in [0.25, 0.3) is 11.6 Å². The molecule has 0 unspecified atom stereocenters. The average Bonchev–Trinajstić information content (AvgIpc) is 2.70. The molecule has 0 aliphatic heterocycles. The summed E-state index contributed by atoms with van der Waals surface area (Å²) in [5, 5.41) is 13.6. The second-order valence-corrected chi connectivity index (χ2v) is 7.66. The highest BCUT2D eigenvalue weighted by molar-refractivity contribution is 5.94. The molecule has 0 spiro atoms. The van der Waals surface area contributed by atoms with Gasteiger partial charge in [0.15, 0.2) is 0 Å². The van der Waals surface area contributed by atoms with Crippen LogP contribution < -0.4 is 5.32 Å². The van der Waals surface area contributed by atoms with E-state index in [2.05, 4.69) is 12.2 Å². The number of nitrogens with one attached hydrogen (secondary N) is 1. The number of nitrogens with zero attached hydrogens (tertiary/aromatic N) is 1. The minimum atomic E-state index is -0.482. The molecule has 0 aliphatic rings. The summed E-state index contributed by atoms with van der Waals surface area (Å²) in [6.45, 7) is 2.88. The number of nitro benzene ring substituents is 1. The van der Waals surface area contributed by atoms with Gasteiger partial charge in [0, 0.05) is 24.2 Å². The van der Waals surface area contributed by atoms with Gasteiger partial charge in [-0.1, -0.05) is 96.5 Å². The molecular weight excluding hydrogens is 352 g/mol. The Kier molecular flexibility index (Phi) is 13.9. The lowest BCUT2D eigenvalue weighted by Gasteiger charge is -2.06. The number of nitro groups is 1. The van der Waals surface area contributed by atoms with Crippen molar-refractivity contribution in [3.63, 3.8) is 0 Å². The number of hydrogen-bond acceptors (Lipinski definition) is 3. The third-order valence-corrected chi connectivity index (χ3v) is 5.14. The average molecular weight is 391 g/mol. The van der Waals surface area contributed by atoms with E-state index in [-0.39, 0.29) is 11.6 Å². The van der Waals surface area contributed by atoms with Crippen molar-refractivity contribution in [1.82, 2.24) is 5.32 Å². The van der Waals surface area contributed by atoms with E-state index in [4.69, 9.17) is 0 Å². The van der Waals surface area contributed by atoms with Crippen LogP contribution in [0.2, 0.25) is 0 Å². The lowest BCUT2D eigenvalue weighted by atomic mass is 10.0. The number of carbonyl (C=O) groups excluding carboxylic acids is 1. The van der Waals surface area contributed by atoms with E-state index >= 15 is 0 Å². The zero-order valence-corrected chi connectivity index (χ0v) is 17.6. The second-order valence-electron chi connectivity index (χ2n) is 7.66. The van der Waals surface area contributed by atoms with E-state index in [9.17, 15) is 14.9 Å². The number of benzene rings is 1. The Hall–Kier alpha value is -1.91. The fourth-order valence-corrected chi connectivity index (χ4v) is 3.38. The largest absolute Gasteiger partial charge is 0.352 e. The fourth-order valence-electron chi connectivity index (χ4n) is 3.38. The standard InChI is InChI=1S/C23H38N2O3/c1-2-3-4-5-6-7-8-9-10-11-12-13-14-15-19-24-23(26)21-17-16-18-22(20-21)25(27)28/h16-18,20H,2-15,19H2,1H3,(H,24,26). The van der Waals surface area contributed by atoms with Gasteiger partial charge in [-0.05, 0) is 12.5 Å². The molecule has 0 bridgehead atoms. The minimum absolute atomic E-state index is 0.0517. The van der Waals surface area contributed by atoms with Crippen LogP contribution >= 0.6 is 0 Å². The first kappa shape index (κ1) is 24.1. The van der Waals surface area contributed by atoms with Gasteiger partial charge in [0.05, 0.1) is 4.92 Å². The van der Waals surface area contributed by atoms with E-state index in [0.717, 1.165) is 12.8 Å². The van der Waals surface area contributed by atoms with E-state index in [1.54, 1.807) is 12.1 Å². The number of amides is 1. The molecule has 0 fully saturated rings. The summed E-state index contributed by atoms with van der Waals surface area (Å²) < 4.78 is 0. The molecule has 28 heavy (non-hydrogen) atoms. The van der Waals surface area contributed by atoms with Crippen molar-refractivity contribution in [3.8, 4) is 0 Å². The molecule has 0 heterocycles. The van der Waals surface area contributed by atoms with Crippen molar-refractivity contribution < 1.29 is 9.72 Å².